The number of nitrogens with zero attached hydrogens (tertiary/aromatic N) is 2. The largest absolute Gasteiger partial charge is 0.382 e. The van der Waals surface area contributed by atoms with Crippen LogP contribution >= 0.6 is 11.3 Å². The summed E-state index contributed by atoms with van der Waals surface area (Å²) in [6.45, 7) is 0.481. The molecule has 0 saturated carbocycles. The van der Waals surface area contributed by atoms with E-state index in [0.717, 1.165) is 16.7 Å². The predicted octanol–water partition coefficient (Wildman–Crippen LogP) is 3.97. The van der Waals surface area contributed by atoms with Gasteiger partial charge in [-0.1, -0.05) is 96.2 Å². The summed E-state index contributed by atoms with van der Waals surface area (Å²) in [6.07, 6.45) is -0.341. The molecule has 1 saturated heterocycles. The lowest BCUT2D eigenvalue weighted by Crippen LogP contribution is -2.38. The van der Waals surface area contributed by atoms with Crippen LogP contribution in [-0.2, 0) is 20.0 Å². The van der Waals surface area contributed by atoms with E-state index in [-0.39, 0.29) is 17.3 Å². The summed E-state index contributed by atoms with van der Waals surface area (Å²) in [5, 5.41) is 12.3. The number of anilines is 1. The van der Waals surface area contributed by atoms with Crippen molar-refractivity contribution in [3.8, 4) is 0 Å². The highest BCUT2D eigenvalue weighted by Crippen LogP contribution is 2.40. The predicted molar refractivity (Wildman–Crippen MR) is 142 cm³/mol. The molecule has 0 spiro atoms. The number of hydrogen-bond acceptors (Lipinski definition) is 7. The fourth-order valence-corrected chi connectivity index (χ4v) is 5.12. The number of thiazole rings is 1. The van der Waals surface area contributed by atoms with Gasteiger partial charge in [0.1, 0.15) is 11.2 Å². The van der Waals surface area contributed by atoms with Crippen molar-refractivity contribution in [1.29, 1.82) is 0 Å². The zero-order valence-corrected chi connectivity index (χ0v) is 20.6. The highest BCUT2D eigenvalue weighted by molar-refractivity contribution is 7.14. The molecule has 5 rings (SSSR count). The average Bonchev–Trinajstić information content (AvgIpc) is 3.57. The van der Waals surface area contributed by atoms with Crippen LogP contribution in [-0.4, -0.2) is 35.2 Å². The van der Waals surface area contributed by atoms with E-state index in [1.54, 1.807) is 5.38 Å². The minimum atomic E-state index is -1.05. The van der Waals surface area contributed by atoms with Gasteiger partial charge < -0.3 is 15.5 Å². The number of amides is 2. The van der Waals surface area contributed by atoms with Crippen LogP contribution < -0.4 is 16.4 Å². The molecule has 0 bridgehead atoms. The van der Waals surface area contributed by atoms with E-state index >= 15 is 0 Å². The van der Waals surface area contributed by atoms with Gasteiger partial charge in [-0.05, 0) is 16.7 Å². The first kappa shape index (κ1) is 24.2. The first-order chi connectivity index (χ1) is 18.1. The van der Waals surface area contributed by atoms with E-state index in [0.29, 0.717) is 18.1 Å². The number of aromatic nitrogens is 1. The van der Waals surface area contributed by atoms with Crippen LogP contribution in [0.4, 0.5) is 5.13 Å². The number of hydrogen-bond donors (Lipinski definition) is 2. The Morgan fingerprint density at radius 3 is 1.97 bits per heavy atom. The average molecular weight is 511 g/mol. The Morgan fingerprint density at radius 2 is 1.51 bits per heavy atom. The Hall–Kier alpha value is -4.50. The highest BCUT2D eigenvalue weighted by Gasteiger charge is 2.37. The van der Waals surface area contributed by atoms with E-state index in [4.69, 9.17) is 10.6 Å². The van der Waals surface area contributed by atoms with E-state index in [1.165, 1.54) is 11.3 Å². The van der Waals surface area contributed by atoms with Gasteiger partial charge in [0.05, 0.1) is 0 Å². The van der Waals surface area contributed by atoms with E-state index < -0.39 is 17.6 Å². The van der Waals surface area contributed by atoms with Gasteiger partial charge in [0, 0.05) is 18.3 Å². The quantitative estimate of drug-likeness (QED) is 0.201. The summed E-state index contributed by atoms with van der Waals surface area (Å²) in [5.74, 6) is -1.34. The lowest BCUT2D eigenvalue weighted by atomic mass is 9.77. The molecule has 4 aromatic rings. The standard InChI is InChI=1S/C28H24N5O3S/c29-25(34)24(33-36-23-16-17-30-26(23)35)22-18-37-27(31-22)32-28(19-10-4-1-5-11-19,20-12-6-2-7-13-20)21-14-8-3-9-15-21/h1-15,18,23,29H,16-17H2,(H,30,35)(H,31,32)/b33-24-. The second kappa shape index (κ2) is 10.6. The zero-order chi connectivity index (χ0) is 25.7. The summed E-state index contributed by atoms with van der Waals surface area (Å²) in [4.78, 5) is 33.8. The van der Waals surface area contributed by atoms with Crippen LogP contribution in [0.3, 0.4) is 0 Å². The van der Waals surface area contributed by atoms with Crippen LogP contribution in [0, 0.1) is 0 Å². The number of carbonyl (C=O) groups is 2. The molecule has 9 heteroatoms. The minimum Gasteiger partial charge on any atom is -0.382 e. The first-order valence-electron chi connectivity index (χ1n) is 11.8. The first-order valence-corrected chi connectivity index (χ1v) is 12.6. The van der Waals surface area contributed by atoms with Gasteiger partial charge in [-0.15, -0.1) is 11.3 Å². The fraction of sp³-hybridized carbons (Fsp3) is 0.143. The Morgan fingerprint density at radius 1 is 0.973 bits per heavy atom. The molecule has 3 N–H and O–H groups in total. The monoisotopic (exact) mass is 510 g/mol. The van der Waals surface area contributed by atoms with Crippen LogP contribution in [0.1, 0.15) is 28.8 Å². The third kappa shape index (κ3) is 4.94. The third-order valence-electron chi connectivity index (χ3n) is 6.15. The van der Waals surface area contributed by atoms with Crippen molar-refractivity contribution < 1.29 is 14.4 Å². The highest BCUT2D eigenvalue weighted by atomic mass is 32.1. The number of nitrogens with one attached hydrogen (secondary N) is 3. The molecule has 1 atom stereocenters. The Bertz CT molecular complexity index is 1310. The molecule has 1 fully saturated rings. The summed E-state index contributed by atoms with van der Waals surface area (Å²) < 4.78 is 0. The zero-order valence-electron chi connectivity index (χ0n) is 19.8. The van der Waals surface area contributed by atoms with Gasteiger partial charge in [0.25, 0.3) is 11.8 Å². The molecule has 1 aromatic heterocycles. The van der Waals surface area contributed by atoms with Crippen molar-refractivity contribution in [2.75, 3.05) is 11.9 Å². The van der Waals surface area contributed by atoms with Gasteiger partial charge in [-0.2, -0.15) is 0 Å². The summed E-state index contributed by atoms with van der Waals surface area (Å²) in [6, 6.07) is 30.2. The molecule has 185 valence electrons. The molecule has 2 heterocycles. The van der Waals surface area contributed by atoms with Crippen molar-refractivity contribution in [2.24, 2.45) is 5.16 Å². The lowest BCUT2D eigenvalue weighted by molar-refractivity contribution is -0.129. The second-order valence-electron chi connectivity index (χ2n) is 8.45. The van der Waals surface area contributed by atoms with Gasteiger partial charge in [0.2, 0.25) is 6.10 Å². The maximum Gasteiger partial charge on any atom is 0.294 e. The van der Waals surface area contributed by atoms with Gasteiger partial charge in [0.15, 0.2) is 10.8 Å². The van der Waals surface area contributed by atoms with Crippen molar-refractivity contribution in [2.45, 2.75) is 18.1 Å². The van der Waals surface area contributed by atoms with Crippen LogP contribution in [0.25, 0.3) is 0 Å². The summed E-state index contributed by atoms with van der Waals surface area (Å²) >= 11 is 1.29. The van der Waals surface area contributed by atoms with E-state index in [2.05, 4.69) is 57.2 Å². The van der Waals surface area contributed by atoms with Crippen molar-refractivity contribution in [3.05, 3.63) is 119 Å². The van der Waals surface area contributed by atoms with Gasteiger partial charge >= 0.3 is 0 Å². The molecule has 0 aliphatic carbocycles. The molecular weight excluding hydrogens is 486 g/mol. The van der Waals surface area contributed by atoms with E-state index in [9.17, 15) is 9.59 Å². The maximum atomic E-state index is 12.1. The number of carbonyl (C=O) groups excluding carboxylic acids is 2. The number of benzene rings is 3. The molecule has 1 unspecified atom stereocenters. The van der Waals surface area contributed by atoms with Crippen LogP contribution in [0.5, 0.6) is 0 Å². The molecule has 1 radical (unpaired) electrons. The topological polar surface area (TPSA) is 116 Å². The Balaban J connectivity index is 1.57. The lowest BCUT2D eigenvalue weighted by Gasteiger charge is -2.36. The van der Waals surface area contributed by atoms with E-state index in [1.807, 2.05) is 54.6 Å². The maximum absolute atomic E-state index is 12.1. The third-order valence-corrected chi connectivity index (χ3v) is 6.90. The fourth-order valence-electron chi connectivity index (χ4n) is 4.37. The van der Waals surface area contributed by atoms with Crippen molar-refractivity contribution in [3.63, 3.8) is 0 Å². The second-order valence-corrected chi connectivity index (χ2v) is 9.31. The number of oxime groups is 1. The van der Waals surface area contributed by atoms with Crippen molar-refractivity contribution in [1.82, 2.24) is 16.0 Å². The summed E-state index contributed by atoms with van der Waals surface area (Å²) in [5.41, 5.74) is 9.85. The van der Waals surface area contributed by atoms with Crippen LogP contribution in [0.15, 0.2) is 102 Å². The Labute approximate surface area is 218 Å². The molecular formula is C28H24N5O3S. The van der Waals surface area contributed by atoms with Gasteiger partial charge in [-0.25, -0.2) is 4.98 Å². The molecule has 2 amide bonds. The summed E-state index contributed by atoms with van der Waals surface area (Å²) in [7, 11) is 0. The normalized spacial score (nSPS) is 15.7. The molecule has 1 aliphatic rings. The Kier molecular flexibility index (Phi) is 6.96. The SMILES string of the molecule is [NH]C(=O)/C(=N\OC1CCNC1=O)c1csc(NC(c2ccccc2)(c2ccccc2)c2ccccc2)n1. The van der Waals surface area contributed by atoms with Gasteiger partial charge in [-0.3, -0.25) is 15.3 Å². The smallest absolute Gasteiger partial charge is 0.294 e. The molecule has 8 nitrogen and oxygen atoms in total. The minimum absolute atomic E-state index is 0.203. The van der Waals surface area contributed by atoms with Crippen molar-refractivity contribution >= 4 is 34.0 Å². The van der Waals surface area contributed by atoms with Crippen LogP contribution in [0.2, 0.25) is 0 Å². The molecule has 37 heavy (non-hydrogen) atoms. The molecule has 3 aromatic carbocycles. The number of rotatable bonds is 9. The molecule has 1 aliphatic heterocycles.